The Hall–Kier alpha value is -1.63. The standard InChI is InChI=1S/C14H21N3O3.ClH/c1-9(16-14(19)13(15)8-20-3)11-5-4-6-12(7-11)17-10(2)18;/h4-7,9,13H,8,15H2,1-3H3,(H,16,19)(H,17,18);1H. The van der Waals surface area contributed by atoms with Crippen molar-refractivity contribution in [3.05, 3.63) is 29.8 Å². The first-order valence-corrected chi connectivity index (χ1v) is 6.36. The largest absolute Gasteiger partial charge is 0.383 e. The molecule has 1 aromatic carbocycles. The van der Waals surface area contributed by atoms with Gasteiger partial charge in [-0.25, -0.2) is 0 Å². The second kappa shape index (κ2) is 9.33. The Balaban J connectivity index is 0.00000400. The van der Waals surface area contributed by atoms with Crippen LogP contribution in [0.15, 0.2) is 24.3 Å². The molecule has 0 radical (unpaired) electrons. The van der Waals surface area contributed by atoms with Gasteiger partial charge in [0, 0.05) is 19.7 Å². The zero-order valence-electron chi connectivity index (χ0n) is 12.4. The number of amides is 2. The zero-order chi connectivity index (χ0) is 15.1. The quantitative estimate of drug-likeness (QED) is 0.735. The molecule has 0 aliphatic heterocycles. The summed E-state index contributed by atoms with van der Waals surface area (Å²) >= 11 is 0. The van der Waals surface area contributed by atoms with Crippen LogP contribution in [0.25, 0.3) is 0 Å². The number of hydrogen-bond donors (Lipinski definition) is 3. The molecule has 0 saturated carbocycles. The van der Waals surface area contributed by atoms with Crippen LogP contribution in [-0.2, 0) is 14.3 Å². The van der Waals surface area contributed by atoms with Crippen molar-refractivity contribution in [2.75, 3.05) is 19.0 Å². The van der Waals surface area contributed by atoms with Gasteiger partial charge in [-0.3, -0.25) is 9.59 Å². The van der Waals surface area contributed by atoms with Crippen LogP contribution in [0.3, 0.4) is 0 Å². The Bertz CT molecular complexity index is 482. The molecule has 21 heavy (non-hydrogen) atoms. The summed E-state index contributed by atoms with van der Waals surface area (Å²) in [5.41, 5.74) is 7.23. The van der Waals surface area contributed by atoms with E-state index in [9.17, 15) is 9.59 Å². The molecule has 0 bridgehead atoms. The van der Waals surface area contributed by atoms with Gasteiger partial charge in [0.1, 0.15) is 6.04 Å². The van der Waals surface area contributed by atoms with Crippen molar-refractivity contribution in [2.24, 2.45) is 5.73 Å². The van der Waals surface area contributed by atoms with Crippen molar-refractivity contribution in [3.63, 3.8) is 0 Å². The summed E-state index contributed by atoms with van der Waals surface area (Å²) in [7, 11) is 1.49. The molecule has 2 unspecified atom stereocenters. The van der Waals surface area contributed by atoms with Crippen LogP contribution in [0.2, 0.25) is 0 Å². The smallest absolute Gasteiger partial charge is 0.239 e. The summed E-state index contributed by atoms with van der Waals surface area (Å²) in [6, 6.07) is 6.39. The van der Waals surface area contributed by atoms with Crippen LogP contribution in [0.1, 0.15) is 25.5 Å². The van der Waals surface area contributed by atoms with Gasteiger partial charge >= 0.3 is 0 Å². The molecule has 0 saturated heterocycles. The SMILES string of the molecule is COCC(N)C(=O)NC(C)c1cccc(NC(C)=O)c1.Cl. The summed E-state index contributed by atoms with van der Waals surface area (Å²) < 4.78 is 4.84. The topological polar surface area (TPSA) is 93.4 Å². The van der Waals surface area contributed by atoms with E-state index >= 15 is 0 Å². The van der Waals surface area contributed by atoms with Gasteiger partial charge in [-0.1, -0.05) is 12.1 Å². The lowest BCUT2D eigenvalue weighted by molar-refractivity contribution is -0.124. The van der Waals surface area contributed by atoms with Gasteiger partial charge in [0.2, 0.25) is 11.8 Å². The molecule has 4 N–H and O–H groups in total. The number of carbonyl (C=O) groups is 2. The number of carbonyl (C=O) groups excluding carboxylic acids is 2. The van der Waals surface area contributed by atoms with Crippen LogP contribution in [0.5, 0.6) is 0 Å². The molecule has 0 aromatic heterocycles. The fraction of sp³-hybridized carbons (Fsp3) is 0.429. The molecular weight excluding hydrogens is 294 g/mol. The molecule has 2 atom stereocenters. The van der Waals surface area contributed by atoms with Crippen molar-refractivity contribution in [1.82, 2.24) is 5.32 Å². The third-order valence-corrected chi connectivity index (χ3v) is 2.75. The molecule has 0 aliphatic rings. The van der Waals surface area contributed by atoms with E-state index in [0.29, 0.717) is 5.69 Å². The van der Waals surface area contributed by atoms with Gasteiger partial charge in [-0.2, -0.15) is 0 Å². The summed E-state index contributed by atoms with van der Waals surface area (Å²) in [6.45, 7) is 3.47. The Kier molecular flexibility index (Phi) is 8.61. The minimum atomic E-state index is -0.694. The zero-order valence-corrected chi connectivity index (χ0v) is 13.2. The van der Waals surface area contributed by atoms with Crippen LogP contribution in [0.4, 0.5) is 5.69 Å². The average Bonchev–Trinajstić information content (AvgIpc) is 2.38. The molecule has 0 aliphatic carbocycles. The normalized spacial score (nSPS) is 12.8. The lowest BCUT2D eigenvalue weighted by Gasteiger charge is -2.18. The third kappa shape index (κ3) is 6.57. The first-order valence-electron chi connectivity index (χ1n) is 6.36. The van der Waals surface area contributed by atoms with Crippen molar-refractivity contribution in [2.45, 2.75) is 25.9 Å². The van der Waals surface area contributed by atoms with E-state index < -0.39 is 6.04 Å². The fourth-order valence-electron chi connectivity index (χ4n) is 1.75. The van der Waals surface area contributed by atoms with Gasteiger partial charge in [-0.05, 0) is 24.6 Å². The number of methoxy groups -OCH3 is 1. The number of ether oxygens (including phenoxy) is 1. The van der Waals surface area contributed by atoms with E-state index in [2.05, 4.69) is 10.6 Å². The first-order chi connectivity index (χ1) is 9.43. The van der Waals surface area contributed by atoms with Crippen molar-refractivity contribution >= 4 is 29.9 Å². The van der Waals surface area contributed by atoms with Gasteiger partial charge in [0.05, 0.1) is 12.6 Å². The Morgan fingerprint density at radius 1 is 1.38 bits per heavy atom. The van der Waals surface area contributed by atoms with E-state index in [-0.39, 0.29) is 36.9 Å². The number of halogens is 1. The van der Waals surface area contributed by atoms with Crippen molar-refractivity contribution < 1.29 is 14.3 Å². The minimum absolute atomic E-state index is 0. The van der Waals surface area contributed by atoms with E-state index in [1.165, 1.54) is 14.0 Å². The Morgan fingerprint density at radius 3 is 2.62 bits per heavy atom. The maximum atomic E-state index is 11.8. The highest BCUT2D eigenvalue weighted by atomic mass is 35.5. The number of benzene rings is 1. The highest BCUT2D eigenvalue weighted by Crippen LogP contribution is 2.17. The minimum Gasteiger partial charge on any atom is -0.383 e. The Labute approximate surface area is 130 Å². The van der Waals surface area contributed by atoms with Crippen LogP contribution in [-0.4, -0.2) is 31.6 Å². The monoisotopic (exact) mass is 315 g/mol. The van der Waals surface area contributed by atoms with Gasteiger partial charge in [0.15, 0.2) is 0 Å². The molecular formula is C14H22ClN3O3. The molecule has 118 valence electrons. The second-order valence-electron chi connectivity index (χ2n) is 4.60. The molecule has 0 fully saturated rings. The average molecular weight is 316 g/mol. The van der Waals surface area contributed by atoms with Crippen LogP contribution in [0, 0.1) is 0 Å². The van der Waals surface area contributed by atoms with Crippen LogP contribution >= 0.6 is 12.4 Å². The highest BCUT2D eigenvalue weighted by Gasteiger charge is 2.16. The van der Waals surface area contributed by atoms with Crippen molar-refractivity contribution in [1.29, 1.82) is 0 Å². The van der Waals surface area contributed by atoms with E-state index in [1.54, 1.807) is 6.07 Å². The summed E-state index contributed by atoms with van der Waals surface area (Å²) in [5, 5.41) is 5.50. The van der Waals surface area contributed by atoms with E-state index in [4.69, 9.17) is 10.5 Å². The molecule has 2 amide bonds. The molecule has 0 spiro atoms. The predicted octanol–water partition coefficient (Wildman–Crippen LogP) is 1.22. The number of nitrogens with two attached hydrogens (primary N) is 1. The summed E-state index contributed by atoms with van der Waals surface area (Å²) in [5.74, 6) is -0.412. The number of hydrogen-bond acceptors (Lipinski definition) is 4. The van der Waals surface area contributed by atoms with E-state index in [0.717, 1.165) is 5.56 Å². The first kappa shape index (κ1) is 19.4. The lowest BCUT2D eigenvalue weighted by atomic mass is 10.1. The van der Waals surface area contributed by atoms with Crippen molar-refractivity contribution in [3.8, 4) is 0 Å². The predicted molar refractivity (Wildman–Crippen MR) is 84.4 cm³/mol. The van der Waals surface area contributed by atoms with Crippen LogP contribution < -0.4 is 16.4 Å². The molecule has 1 aromatic rings. The van der Waals surface area contributed by atoms with Gasteiger partial charge < -0.3 is 21.1 Å². The van der Waals surface area contributed by atoms with Gasteiger partial charge in [-0.15, -0.1) is 12.4 Å². The molecule has 7 heteroatoms. The lowest BCUT2D eigenvalue weighted by Crippen LogP contribution is -2.44. The molecule has 6 nitrogen and oxygen atoms in total. The molecule has 1 rings (SSSR count). The number of rotatable bonds is 6. The number of nitrogens with one attached hydrogen (secondary N) is 2. The Morgan fingerprint density at radius 2 is 2.05 bits per heavy atom. The maximum absolute atomic E-state index is 11.8. The highest BCUT2D eigenvalue weighted by molar-refractivity contribution is 5.88. The van der Waals surface area contributed by atoms with E-state index in [1.807, 2.05) is 25.1 Å². The fourth-order valence-corrected chi connectivity index (χ4v) is 1.75. The van der Waals surface area contributed by atoms with Gasteiger partial charge in [0.25, 0.3) is 0 Å². The maximum Gasteiger partial charge on any atom is 0.239 e. The second-order valence-corrected chi connectivity index (χ2v) is 4.60. The number of anilines is 1. The summed E-state index contributed by atoms with van der Waals surface area (Å²) in [6.07, 6.45) is 0. The molecule has 0 heterocycles. The summed E-state index contributed by atoms with van der Waals surface area (Å²) in [4.78, 5) is 22.8. The third-order valence-electron chi connectivity index (χ3n) is 2.75.